The molecule has 0 fully saturated rings. The average Bonchev–Trinajstić information content (AvgIpc) is 2.33. The van der Waals surface area contributed by atoms with Crippen molar-refractivity contribution in [3.8, 4) is 0 Å². The van der Waals surface area contributed by atoms with Crippen molar-refractivity contribution in [2.45, 2.75) is 26.9 Å². The van der Waals surface area contributed by atoms with Gasteiger partial charge in [-0.2, -0.15) is 0 Å². The number of hydrogen-bond acceptors (Lipinski definition) is 4. The van der Waals surface area contributed by atoms with Gasteiger partial charge < -0.3 is 15.5 Å². The molecule has 0 aliphatic carbocycles. The summed E-state index contributed by atoms with van der Waals surface area (Å²) in [7, 11) is 0. The predicted molar refractivity (Wildman–Crippen MR) is 72.4 cm³/mol. The molecule has 0 saturated carbocycles. The summed E-state index contributed by atoms with van der Waals surface area (Å²) in [6.45, 7) is 6.84. The van der Waals surface area contributed by atoms with Crippen LogP contribution in [0.25, 0.3) is 0 Å². The first-order chi connectivity index (χ1) is 8.54. The van der Waals surface area contributed by atoms with Gasteiger partial charge >= 0.3 is 0 Å². The van der Waals surface area contributed by atoms with Gasteiger partial charge in [-0.05, 0) is 38.5 Å². The number of ether oxygens (including phenoxy) is 1. The highest BCUT2D eigenvalue weighted by Crippen LogP contribution is 2.16. The predicted octanol–water partition coefficient (Wildman–Crippen LogP) is 1.44. The van der Waals surface area contributed by atoms with Gasteiger partial charge in [0.05, 0.1) is 24.0 Å². The number of hydrazine groups is 1. The minimum atomic E-state index is -0.157. The first-order valence-corrected chi connectivity index (χ1v) is 6.01. The molecular weight excluding hydrogens is 230 g/mol. The third-order valence-corrected chi connectivity index (χ3v) is 2.41. The molecule has 1 aromatic rings. The smallest absolute Gasteiger partial charge is 0.253 e. The highest BCUT2D eigenvalue weighted by atomic mass is 16.5. The molecule has 0 aromatic heterocycles. The quantitative estimate of drug-likeness (QED) is 0.406. The van der Waals surface area contributed by atoms with E-state index in [1.165, 1.54) is 0 Å². The highest BCUT2D eigenvalue weighted by Gasteiger charge is 2.10. The van der Waals surface area contributed by atoms with E-state index in [-0.39, 0.29) is 12.0 Å². The van der Waals surface area contributed by atoms with E-state index in [4.69, 9.17) is 10.6 Å². The molecule has 0 aliphatic heterocycles. The van der Waals surface area contributed by atoms with E-state index in [1.807, 2.05) is 32.9 Å². The first kappa shape index (κ1) is 14.5. The minimum absolute atomic E-state index is 0.157. The Kier molecular flexibility index (Phi) is 5.61. The van der Waals surface area contributed by atoms with Crippen LogP contribution in [-0.2, 0) is 4.74 Å². The number of rotatable bonds is 6. The van der Waals surface area contributed by atoms with Gasteiger partial charge in [-0.15, -0.1) is 0 Å². The van der Waals surface area contributed by atoms with E-state index in [2.05, 4.69) is 10.7 Å². The van der Waals surface area contributed by atoms with E-state index in [9.17, 15) is 4.79 Å². The van der Waals surface area contributed by atoms with Crippen molar-refractivity contribution in [2.24, 2.45) is 5.84 Å². The zero-order chi connectivity index (χ0) is 13.5. The van der Waals surface area contributed by atoms with Crippen LogP contribution in [0.2, 0.25) is 0 Å². The molecule has 1 aromatic carbocycles. The Labute approximate surface area is 108 Å². The highest BCUT2D eigenvalue weighted by molar-refractivity contribution is 5.99. The normalized spacial score (nSPS) is 10.5. The molecule has 0 aliphatic rings. The summed E-state index contributed by atoms with van der Waals surface area (Å²) in [6, 6.07) is 5.46. The lowest BCUT2D eigenvalue weighted by molar-refractivity contribution is 0.0747. The van der Waals surface area contributed by atoms with Gasteiger partial charge in [0.25, 0.3) is 5.91 Å². The molecular formula is C13H21N3O2. The number of aryl methyl sites for hydroxylation is 1. The Morgan fingerprint density at radius 1 is 1.44 bits per heavy atom. The van der Waals surface area contributed by atoms with Gasteiger partial charge in [0.1, 0.15) is 0 Å². The number of benzene rings is 1. The zero-order valence-corrected chi connectivity index (χ0v) is 11.1. The van der Waals surface area contributed by atoms with Crippen LogP contribution < -0.4 is 16.6 Å². The van der Waals surface area contributed by atoms with Crippen LogP contribution in [0.3, 0.4) is 0 Å². The molecule has 5 nitrogen and oxygen atoms in total. The molecule has 1 rings (SSSR count). The number of nitrogen functional groups attached to an aromatic ring is 1. The van der Waals surface area contributed by atoms with Gasteiger partial charge in [-0.25, -0.2) is 0 Å². The SMILES string of the molecule is Cc1ccc(C(=O)NCCOC(C)C)c(NN)c1. The fraction of sp³-hybridized carbons (Fsp3) is 0.462. The van der Waals surface area contributed by atoms with E-state index >= 15 is 0 Å². The Morgan fingerprint density at radius 2 is 2.17 bits per heavy atom. The first-order valence-electron chi connectivity index (χ1n) is 6.01. The molecule has 0 saturated heterocycles. The molecule has 0 spiro atoms. The number of carbonyl (C=O) groups excluding carboxylic acids is 1. The summed E-state index contributed by atoms with van der Waals surface area (Å²) in [5.74, 6) is 5.24. The zero-order valence-electron chi connectivity index (χ0n) is 11.1. The van der Waals surface area contributed by atoms with Gasteiger partial charge in [0, 0.05) is 6.54 Å². The largest absolute Gasteiger partial charge is 0.377 e. The topological polar surface area (TPSA) is 76.4 Å². The van der Waals surface area contributed by atoms with Crippen LogP contribution in [0.15, 0.2) is 18.2 Å². The maximum absolute atomic E-state index is 11.9. The van der Waals surface area contributed by atoms with Crippen molar-refractivity contribution < 1.29 is 9.53 Å². The number of anilines is 1. The third kappa shape index (κ3) is 4.35. The van der Waals surface area contributed by atoms with Crippen LogP contribution >= 0.6 is 0 Å². The van der Waals surface area contributed by atoms with E-state index in [0.29, 0.717) is 24.4 Å². The van der Waals surface area contributed by atoms with Crippen molar-refractivity contribution in [3.63, 3.8) is 0 Å². The summed E-state index contributed by atoms with van der Waals surface area (Å²) >= 11 is 0. The van der Waals surface area contributed by atoms with E-state index < -0.39 is 0 Å². The summed E-state index contributed by atoms with van der Waals surface area (Å²) in [6.07, 6.45) is 0.169. The molecule has 0 atom stereocenters. The minimum Gasteiger partial charge on any atom is -0.377 e. The van der Waals surface area contributed by atoms with Crippen molar-refractivity contribution in [1.29, 1.82) is 0 Å². The summed E-state index contributed by atoms with van der Waals surface area (Å²) in [4.78, 5) is 11.9. The van der Waals surface area contributed by atoms with Gasteiger partial charge in [-0.1, -0.05) is 6.07 Å². The van der Waals surface area contributed by atoms with Crippen LogP contribution in [0.4, 0.5) is 5.69 Å². The van der Waals surface area contributed by atoms with Crippen LogP contribution in [0, 0.1) is 6.92 Å². The Hall–Kier alpha value is -1.59. The van der Waals surface area contributed by atoms with Gasteiger partial charge in [0.2, 0.25) is 0 Å². The number of amides is 1. The second-order valence-electron chi connectivity index (χ2n) is 4.37. The van der Waals surface area contributed by atoms with Crippen LogP contribution in [-0.4, -0.2) is 25.2 Å². The molecule has 5 heteroatoms. The number of nitrogens with one attached hydrogen (secondary N) is 2. The van der Waals surface area contributed by atoms with Crippen LogP contribution in [0.1, 0.15) is 29.8 Å². The molecule has 100 valence electrons. The number of nitrogens with two attached hydrogens (primary N) is 1. The maximum atomic E-state index is 11.9. The Balaban J connectivity index is 2.56. The maximum Gasteiger partial charge on any atom is 0.253 e. The van der Waals surface area contributed by atoms with Gasteiger partial charge in [-0.3, -0.25) is 10.6 Å². The fourth-order valence-corrected chi connectivity index (χ4v) is 1.53. The molecule has 1 amide bonds. The molecule has 0 radical (unpaired) electrons. The fourth-order valence-electron chi connectivity index (χ4n) is 1.53. The lowest BCUT2D eigenvalue weighted by atomic mass is 10.1. The summed E-state index contributed by atoms with van der Waals surface area (Å²) in [5, 5.41) is 2.79. The average molecular weight is 251 g/mol. The molecule has 0 heterocycles. The number of carbonyl (C=O) groups is 1. The van der Waals surface area contributed by atoms with Crippen LogP contribution in [0.5, 0.6) is 0 Å². The van der Waals surface area contributed by atoms with E-state index in [0.717, 1.165) is 5.56 Å². The van der Waals surface area contributed by atoms with E-state index in [1.54, 1.807) is 6.07 Å². The van der Waals surface area contributed by atoms with Crippen molar-refractivity contribution in [2.75, 3.05) is 18.6 Å². The monoisotopic (exact) mass is 251 g/mol. The summed E-state index contributed by atoms with van der Waals surface area (Å²) in [5.41, 5.74) is 4.74. The third-order valence-electron chi connectivity index (χ3n) is 2.41. The molecule has 0 unspecified atom stereocenters. The van der Waals surface area contributed by atoms with Crippen molar-refractivity contribution in [3.05, 3.63) is 29.3 Å². The molecule has 0 bridgehead atoms. The van der Waals surface area contributed by atoms with Gasteiger partial charge in [0.15, 0.2) is 0 Å². The summed E-state index contributed by atoms with van der Waals surface area (Å²) < 4.78 is 5.35. The second-order valence-corrected chi connectivity index (χ2v) is 4.37. The Morgan fingerprint density at radius 3 is 2.78 bits per heavy atom. The van der Waals surface area contributed by atoms with Crippen molar-refractivity contribution in [1.82, 2.24) is 5.32 Å². The second kappa shape index (κ2) is 6.98. The Bertz CT molecular complexity index is 405. The lowest BCUT2D eigenvalue weighted by Crippen LogP contribution is -2.29. The lowest BCUT2D eigenvalue weighted by Gasteiger charge is -2.11. The molecule has 18 heavy (non-hydrogen) atoms. The van der Waals surface area contributed by atoms with Crippen molar-refractivity contribution >= 4 is 11.6 Å². The standard InChI is InChI=1S/C13H21N3O2/c1-9(2)18-7-6-15-13(17)11-5-4-10(3)8-12(11)16-14/h4-5,8-9,16H,6-7,14H2,1-3H3,(H,15,17). The molecule has 4 N–H and O–H groups in total. The number of hydrogen-bond donors (Lipinski definition) is 3.